The summed E-state index contributed by atoms with van der Waals surface area (Å²) in [7, 11) is 0. The molecule has 2 aliphatic heterocycles. The van der Waals surface area contributed by atoms with Gasteiger partial charge >= 0.3 is 5.97 Å². The van der Waals surface area contributed by atoms with Gasteiger partial charge in [-0.05, 0) is 11.6 Å². The number of carbonyl (C=O) groups excluding carboxylic acids is 2. The molecule has 0 spiro atoms. The minimum absolute atomic E-state index is 0.0291. The predicted octanol–water partition coefficient (Wildman–Crippen LogP) is -0.0989. The lowest BCUT2D eigenvalue weighted by molar-refractivity contribution is -0.151. The number of aliphatic carboxylic acids is 1. The van der Waals surface area contributed by atoms with E-state index in [0.717, 1.165) is 27.7 Å². The molecule has 0 saturated carbocycles. The highest BCUT2D eigenvalue weighted by atomic mass is 32.2. The molecule has 0 aromatic carbocycles. The zero-order valence-electron chi connectivity index (χ0n) is 18.6. The number of fused-ring (bicyclic) bond motifs is 1. The number of anilines is 1. The average molecular weight is 571 g/mol. The number of nitrogens with two attached hydrogens (primary N) is 2. The van der Waals surface area contributed by atoms with Gasteiger partial charge in [-0.2, -0.15) is 21.1 Å². The molecule has 2 aliphatic rings. The Morgan fingerprint density at radius 2 is 2.22 bits per heavy atom. The van der Waals surface area contributed by atoms with Crippen LogP contribution in [0.1, 0.15) is 11.4 Å². The second-order valence-corrected chi connectivity index (χ2v) is 12.2. The maximum absolute atomic E-state index is 12.9. The maximum Gasteiger partial charge on any atom is 0.322 e. The summed E-state index contributed by atoms with van der Waals surface area (Å²) in [6.45, 7) is 0.512. The summed E-state index contributed by atoms with van der Waals surface area (Å²) >= 11 is 4.93. The Bertz CT molecular complexity index is 1200. The number of nitrogens with one attached hydrogen (secondary N) is 1. The first-order valence-corrected chi connectivity index (χ1v) is 14.3. The Hall–Kier alpha value is -2.60. The molecule has 36 heavy (non-hydrogen) atoms. The van der Waals surface area contributed by atoms with Crippen LogP contribution in [0, 0.1) is 0 Å². The van der Waals surface area contributed by atoms with E-state index in [2.05, 4.69) is 24.8 Å². The summed E-state index contributed by atoms with van der Waals surface area (Å²) in [5.41, 5.74) is 11.5. The van der Waals surface area contributed by atoms with E-state index >= 15 is 0 Å². The summed E-state index contributed by atoms with van der Waals surface area (Å²) in [5, 5.41) is 24.5. The van der Waals surface area contributed by atoms with Crippen molar-refractivity contribution in [3.63, 3.8) is 0 Å². The van der Waals surface area contributed by atoms with Gasteiger partial charge in [-0.25, -0.2) is 0 Å². The molecular formula is C19H22N8O5S4. The SMILES string of the molecule is NCCSCc1cnccc1SC1(C(=O)O)CS[C@@H]2[C@H](NC(=O)/C(=N\O)c3nsc(N)n3)C(=O)N2C1. The number of hydrogen-bond donors (Lipinski definition) is 5. The number of rotatable bonds is 10. The van der Waals surface area contributed by atoms with Crippen molar-refractivity contribution in [3.8, 4) is 0 Å². The van der Waals surface area contributed by atoms with Crippen LogP contribution in [-0.4, -0.2) is 93.8 Å². The van der Waals surface area contributed by atoms with Crippen molar-refractivity contribution in [1.82, 2.24) is 24.6 Å². The lowest BCUT2D eigenvalue weighted by Crippen LogP contribution is -2.74. The van der Waals surface area contributed by atoms with E-state index in [-0.39, 0.29) is 23.3 Å². The van der Waals surface area contributed by atoms with Crippen molar-refractivity contribution in [2.24, 2.45) is 10.9 Å². The average Bonchev–Trinajstić information content (AvgIpc) is 3.29. The lowest BCUT2D eigenvalue weighted by Gasteiger charge is -2.53. The Kier molecular flexibility index (Phi) is 8.23. The Morgan fingerprint density at radius 3 is 2.89 bits per heavy atom. The molecule has 192 valence electrons. The molecule has 0 bridgehead atoms. The lowest BCUT2D eigenvalue weighted by atomic mass is 10.0. The number of carboxylic acids is 1. The van der Waals surface area contributed by atoms with Crippen LogP contribution in [-0.2, 0) is 20.1 Å². The van der Waals surface area contributed by atoms with Crippen molar-refractivity contribution in [2.75, 3.05) is 30.3 Å². The maximum atomic E-state index is 12.9. The fraction of sp³-hybridized carbons (Fsp3) is 0.421. The molecule has 4 heterocycles. The fourth-order valence-corrected chi connectivity index (χ4v) is 7.83. The molecule has 2 saturated heterocycles. The monoisotopic (exact) mass is 570 g/mol. The van der Waals surface area contributed by atoms with E-state index in [4.69, 9.17) is 11.5 Å². The van der Waals surface area contributed by atoms with E-state index in [0.29, 0.717) is 12.3 Å². The predicted molar refractivity (Wildman–Crippen MR) is 138 cm³/mol. The Morgan fingerprint density at radius 1 is 1.42 bits per heavy atom. The van der Waals surface area contributed by atoms with E-state index in [1.54, 1.807) is 30.2 Å². The number of hydrogen-bond acceptors (Lipinski definition) is 14. The molecule has 13 nitrogen and oxygen atoms in total. The highest BCUT2D eigenvalue weighted by molar-refractivity contribution is 8.05. The second kappa shape index (κ2) is 11.2. The number of thioether (sulfide) groups is 3. The number of pyridine rings is 1. The molecule has 4 rings (SSSR count). The van der Waals surface area contributed by atoms with Crippen molar-refractivity contribution >= 4 is 75.4 Å². The van der Waals surface area contributed by atoms with E-state index in [1.165, 1.54) is 28.4 Å². The summed E-state index contributed by atoms with van der Waals surface area (Å²) in [6, 6.07) is 0.872. The number of β-lactam (4-membered cyclic amide) rings is 1. The largest absolute Gasteiger partial charge is 0.480 e. The van der Waals surface area contributed by atoms with Crippen LogP contribution in [0.3, 0.4) is 0 Å². The van der Waals surface area contributed by atoms with Crippen molar-refractivity contribution in [1.29, 1.82) is 0 Å². The molecule has 7 N–H and O–H groups in total. The third-order valence-electron chi connectivity index (χ3n) is 5.38. The zero-order valence-corrected chi connectivity index (χ0v) is 21.8. The van der Waals surface area contributed by atoms with Gasteiger partial charge in [0, 0.05) is 59.2 Å². The first-order valence-electron chi connectivity index (χ1n) is 10.5. The first kappa shape index (κ1) is 26.5. The van der Waals surface area contributed by atoms with Gasteiger partial charge in [-0.15, -0.1) is 23.5 Å². The molecule has 17 heteroatoms. The van der Waals surface area contributed by atoms with Crippen LogP contribution in [0.15, 0.2) is 28.5 Å². The molecule has 2 aromatic rings. The summed E-state index contributed by atoms with van der Waals surface area (Å²) < 4.78 is 2.56. The first-order chi connectivity index (χ1) is 17.3. The number of nitrogen functional groups attached to an aromatic ring is 1. The van der Waals surface area contributed by atoms with Crippen molar-refractivity contribution in [3.05, 3.63) is 29.8 Å². The highest BCUT2D eigenvalue weighted by Gasteiger charge is 2.58. The number of aromatic nitrogens is 3. The van der Waals surface area contributed by atoms with E-state index < -0.39 is 39.7 Å². The molecule has 0 radical (unpaired) electrons. The van der Waals surface area contributed by atoms with Gasteiger partial charge in [0.15, 0.2) is 5.13 Å². The minimum Gasteiger partial charge on any atom is -0.480 e. The smallest absolute Gasteiger partial charge is 0.322 e. The molecule has 1 unspecified atom stereocenters. The standard InChI is InChI=1S/C19H22N8O5S4/c20-2-4-33-6-9-5-22-3-1-10(9)35-19(17(30)31)7-27-15(29)12(16(27)34-8-19)23-14(28)11(25-32)13-24-18(21)36-26-13/h1,3,5,12,16,32H,2,4,6-8,20H2,(H,23,28)(H,30,31)(H2,21,24,26)/b25-11-/t12-,16-,19?/m1/s1. The molecular weight excluding hydrogens is 549 g/mol. The van der Waals surface area contributed by atoms with Gasteiger partial charge in [0.1, 0.15) is 16.2 Å². The number of oxime groups is 1. The highest BCUT2D eigenvalue weighted by Crippen LogP contribution is 2.47. The summed E-state index contributed by atoms with van der Waals surface area (Å²) in [4.78, 5) is 48.2. The van der Waals surface area contributed by atoms with Gasteiger partial charge in [0.05, 0.1) is 0 Å². The second-order valence-electron chi connectivity index (χ2n) is 7.75. The van der Waals surface area contributed by atoms with Crippen LogP contribution in [0.25, 0.3) is 0 Å². The topological polar surface area (TPSA) is 210 Å². The number of amides is 2. The Balaban J connectivity index is 1.45. The number of nitrogens with zero attached hydrogens (tertiary/aromatic N) is 5. The van der Waals surface area contributed by atoms with E-state index in [9.17, 15) is 24.7 Å². The normalized spacial score (nSPS) is 23.6. The molecule has 2 aromatic heterocycles. The van der Waals surface area contributed by atoms with Crippen LogP contribution in [0.2, 0.25) is 0 Å². The van der Waals surface area contributed by atoms with Gasteiger partial charge < -0.3 is 32.0 Å². The van der Waals surface area contributed by atoms with Gasteiger partial charge in [0.25, 0.3) is 5.91 Å². The van der Waals surface area contributed by atoms with E-state index in [1.807, 2.05) is 0 Å². The molecule has 2 amide bonds. The van der Waals surface area contributed by atoms with Crippen LogP contribution in [0.4, 0.5) is 5.13 Å². The molecule has 2 fully saturated rings. The summed E-state index contributed by atoms with van der Waals surface area (Å²) in [5.74, 6) is -0.835. The summed E-state index contributed by atoms with van der Waals surface area (Å²) in [6.07, 6.45) is 3.32. The van der Waals surface area contributed by atoms with Gasteiger partial charge in [-0.3, -0.25) is 19.4 Å². The molecule has 0 aliphatic carbocycles. The number of carboxylic acid groups (broad SMARTS) is 1. The third-order valence-corrected chi connectivity index (χ3v) is 10.1. The quantitative estimate of drug-likeness (QED) is 0.0831. The van der Waals surface area contributed by atoms with Crippen LogP contribution >= 0.6 is 46.8 Å². The van der Waals surface area contributed by atoms with Crippen molar-refractivity contribution < 1.29 is 24.7 Å². The zero-order chi connectivity index (χ0) is 25.9. The van der Waals surface area contributed by atoms with Gasteiger partial charge in [0.2, 0.25) is 17.4 Å². The Labute approximate surface area is 222 Å². The molecule has 3 atom stereocenters. The van der Waals surface area contributed by atoms with Gasteiger partial charge in [-0.1, -0.05) is 5.16 Å². The fourth-order valence-electron chi connectivity index (χ4n) is 3.62. The van der Waals surface area contributed by atoms with Crippen LogP contribution < -0.4 is 16.8 Å². The van der Waals surface area contributed by atoms with Crippen LogP contribution in [0.5, 0.6) is 0 Å². The minimum atomic E-state index is -1.28. The van der Waals surface area contributed by atoms with Crippen molar-refractivity contribution in [2.45, 2.75) is 26.8 Å². The third kappa shape index (κ3) is 5.24. The number of carbonyl (C=O) groups is 3.